The summed E-state index contributed by atoms with van der Waals surface area (Å²) in [5.41, 5.74) is 0. The Morgan fingerprint density at radius 1 is 0.826 bits per heavy atom. The molecule has 0 saturated heterocycles. The molecule has 6 nitrogen and oxygen atoms in total. The van der Waals surface area contributed by atoms with Crippen molar-refractivity contribution in [3.63, 3.8) is 0 Å². The molecule has 23 heavy (non-hydrogen) atoms. The lowest BCUT2D eigenvalue weighted by molar-refractivity contribution is 0.00900. The van der Waals surface area contributed by atoms with Gasteiger partial charge in [-0.25, -0.2) is 4.18 Å². The van der Waals surface area contributed by atoms with Crippen LogP contribution in [0.2, 0.25) is 0 Å². The summed E-state index contributed by atoms with van der Waals surface area (Å²) in [6, 6.07) is 0. The Hall–Kier alpha value is -0.210. The van der Waals surface area contributed by atoms with E-state index in [2.05, 4.69) is 11.1 Å². The molecule has 0 aliphatic rings. The standard InChI is InChI=1S/C16H34O6S/c1-3-5-6-7-8-9-10-11-12-20-13-14-21-15-16(4-2)22-23(17,18)19/h16H,3-15H2,1-2H3,(H,17,18,19). The molecule has 0 spiro atoms. The summed E-state index contributed by atoms with van der Waals surface area (Å²) in [4.78, 5) is 0. The Morgan fingerprint density at radius 2 is 1.39 bits per heavy atom. The minimum absolute atomic E-state index is 0.122. The summed E-state index contributed by atoms with van der Waals surface area (Å²) in [6.45, 7) is 5.72. The Kier molecular flexibility index (Phi) is 15.2. The topological polar surface area (TPSA) is 82.1 Å². The van der Waals surface area contributed by atoms with Crippen molar-refractivity contribution in [2.24, 2.45) is 0 Å². The van der Waals surface area contributed by atoms with Crippen LogP contribution in [-0.2, 0) is 24.1 Å². The van der Waals surface area contributed by atoms with Gasteiger partial charge in [0.1, 0.15) is 6.10 Å². The maximum atomic E-state index is 10.6. The first-order valence-electron chi connectivity index (χ1n) is 8.80. The van der Waals surface area contributed by atoms with Gasteiger partial charge < -0.3 is 9.47 Å². The van der Waals surface area contributed by atoms with Crippen molar-refractivity contribution in [3.05, 3.63) is 0 Å². The molecule has 0 rings (SSSR count). The molecule has 0 aromatic rings. The molecule has 140 valence electrons. The minimum Gasteiger partial charge on any atom is -0.379 e. The number of hydrogen-bond acceptors (Lipinski definition) is 5. The van der Waals surface area contributed by atoms with Gasteiger partial charge in [0.2, 0.25) is 0 Å². The smallest absolute Gasteiger partial charge is 0.379 e. The maximum absolute atomic E-state index is 10.6. The first-order chi connectivity index (χ1) is 11.0. The van der Waals surface area contributed by atoms with E-state index >= 15 is 0 Å². The molecule has 0 amide bonds. The van der Waals surface area contributed by atoms with Gasteiger partial charge in [0, 0.05) is 6.61 Å². The van der Waals surface area contributed by atoms with Crippen LogP contribution in [0.4, 0.5) is 0 Å². The highest BCUT2D eigenvalue weighted by Crippen LogP contribution is 2.08. The SMILES string of the molecule is CCCCCCCCCCOCCOCC(CC)OS(=O)(=O)O. The zero-order chi connectivity index (χ0) is 17.4. The molecular formula is C16H34O6S. The van der Waals surface area contributed by atoms with Gasteiger partial charge in [-0.05, 0) is 12.8 Å². The van der Waals surface area contributed by atoms with E-state index in [0.29, 0.717) is 19.6 Å². The molecular weight excluding hydrogens is 320 g/mol. The van der Waals surface area contributed by atoms with E-state index in [1.807, 2.05) is 0 Å². The minimum atomic E-state index is -4.41. The number of hydrogen-bond donors (Lipinski definition) is 1. The van der Waals surface area contributed by atoms with E-state index < -0.39 is 16.5 Å². The van der Waals surface area contributed by atoms with Gasteiger partial charge in [-0.2, -0.15) is 8.42 Å². The molecule has 7 heteroatoms. The third-order valence-corrected chi connectivity index (χ3v) is 4.05. The highest BCUT2D eigenvalue weighted by molar-refractivity contribution is 7.80. The molecule has 0 aliphatic carbocycles. The molecule has 0 aromatic heterocycles. The zero-order valence-electron chi connectivity index (χ0n) is 14.7. The highest BCUT2D eigenvalue weighted by atomic mass is 32.3. The summed E-state index contributed by atoms with van der Waals surface area (Å²) in [7, 11) is -4.41. The normalized spacial score (nSPS) is 13.3. The van der Waals surface area contributed by atoms with Gasteiger partial charge in [0.25, 0.3) is 0 Å². The molecule has 0 saturated carbocycles. The van der Waals surface area contributed by atoms with Gasteiger partial charge in [0.15, 0.2) is 0 Å². The fourth-order valence-electron chi connectivity index (χ4n) is 2.16. The molecule has 0 aromatic carbocycles. The molecule has 0 fully saturated rings. The van der Waals surface area contributed by atoms with Crippen molar-refractivity contribution in [1.29, 1.82) is 0 Å². The van der Waals surface area contributed by atoms with Crippen LogP contribution in [-0.4, -0.2) is 45.5 Å². The Balaban J connectivity index is 3.29. The second kappa shape index (κ2) is 15.3. The average Bonchev–Trinajstić information content (AvgIpc) is 2.49. The van der Waals surface area contributed by atoms with E-state index in [9.17, 15) is 8.42 Å². The Bertz CT molecular complexity index is 344. The first kappa shape index (κ1) is 22.8. The lowest BCUT2D eigenvalue weighted by Crippen LogP contribution is -2.23. The molecule has 1 N–H and O–H groups in total. The van der Waals surface area contributed by atoms with Gasteiger partial charge in [-0.15, -0.1) is 0 Å². The van der Waals surface area contributed by atoms with Gasteiger partial charge in [-0.3, -0.25) is 4.55 Å². The Morgan fingerprint density at radius 3 is 1.96 bits per heavy atom. The van der Waals surface area contributed by atoms with E-state index in [-0.39, 0.29) is 6.61 Å². The number of ether oxygens (including phenoxy) is 2. The van der Waals surface area contributed by atoms with Crippen molar-refractivity contribution in [1.82, 2.24) is 0 Å². The quantitative estimate of drug-likeness (QED) is 0.316. The van der Waals surface area contributed by atoms with Gasteiger partial charge in [0.05, 0.1) is 19.8 Å². The largest absolute Gasteiger partial charge is 0.397 e. The van der Waals surface area contributed by atoms with E-state index in [1.54, 1.807) is 6.92 Å². The van der Waals surface area contributed by atoms with Gasteiger partial charge >= 0.3 is 10.4 Å². The third kappa shape index (κ3) is 18.0. The fourth-order valence-corrected chi connectivity index (χ4v) is 2.69. The third-order valence-electron chi connectivity index (χ3n) is 3.53. The molecule has 0 aliphatic heterocycles. The number of rotatable bonds is 17. The lowest BCUT2D eigenvalue weighted by atomic mass is 10.1. The zero-order valence-corrected chi connectivity index (χ0v) is 15.5. The van der Waals surface area contributed by atoms with Crippen molar-refractivity contribution in [3.8, 4) is 0 Å². The molecule has 1 unspecified atom stereocenters. The van der Waals surface area contributed by atoms with Crippen molar-refractivity contribution in [2.45, 2.75) is 77.7 Å². The average molecular weight is 355 g/mol. The van der Waals surface area contributed by atoms with Crippen LogP contribution in [0.3, 0.4) is 0 Å². The second-order valence-corrected chi connectivity index (χ2v) is 6.76. The van der Waals surface area contributed by atoms with Crippen LogP contribution in [0.15, 0.2) is 0 Å². The van der Waals surface area contributed by atoms with Crippen LogP contribution in [0.25, 0.3) is 0 Å². The van der Waals surface area contributed by atoms with Crippen molar-refractivity contribution in [2.75, 3.05) is 26.4 Å². The summed E-state index contributed by atoms with van der Waals surface area (Å²) in [5, 5.41) is 0. The fraction of sp³-hybridized carbons (Fsp3) is 1.00. The van der Waals surface area contributed by atoms with Gasteiger partial charge in [-0.1, -0.05) is 58.8 Å². The predicted octanol–water partition coefficient (Wildman–Crippen LogP) is 3.76. The summed E-state index contributed by atoms with van der Waals surface area (Å²) < 4.78 is 45.0. The second-order valence-electron chi connectivity index (χ2n) is 5.72. The summed E-state index contributed by atoms with van der Waals surface area (Å²) >= 11 is 0. The predicted molar refractivity (Wildman–Crippen MR) is 91.0 cm³/mol. The van der Waals surface area contributed by atoms with Crippen LogP contribution >= 0.6 is 0 Å². The monoisotopic (exact) mass is 354 g/mol. The van der Waals surface area contributed by atoms with E-state index in [1.165, 1.54) is 44.9 Å². The maximum Gasteiger partial charge on any atom is 0.397 e. The summed E-state index contributed by atoms with van der Waals surface area (Å²) in [6.07, 6.45) is 9.97. The number of unbranched alkanes of at least 4 members (excludes halogenated alkanes) is 7. The van der Waals surface area contributed by atoms with Crippen LogP contribution in [0.5, 0.6) is 0 Å². The lowest BCUT2D eigenvalue weighted by Gasteiger charge is -2.13. The van der Waals surface area contributed by atoms with E-state index in [4.69, 9.17) is 14.0 Å². The molecule has 0 bridgehead atoms. The van der Waals surface area contributed by atoms with Crippen LogP contribution < -0.4 is 0 Å². The molecule has 0 radical (unpaired) electrons. The van der Waals surface area contributed by atoms with Crippen LogP contribution in [0, 0.1) is 0 Å². The summed E-state index contributed by atoms with van der Waals surface area (Å²) in [5.74, 6) is 0. The van der Waals surface area contributed by atoms with Crippen molar-refractivity contribution >= 4 is 10.4 Å². The highest BCUT2D eigenvalue weighted by Gasteiger charge is 2.15. The van der Waals surface area contributed by atoms with E-state index in [0.717, 1.165) is 13.0 Å². The van der Waals surface area contributed by atoms with Crippen molar-refractivity contribution < 1.29 is 26.6 Å². The first-order valence-corrected chi connectivity index (χ1v) is 10.2. The van der Waals surface area contributed by atoms with Crippen LogP contribution in [0.1, 0.15) is 71.6 Å². The molecule has 1 atom stereocenters. The molecule has 0 heterocycles. The Labute approximate surface area is 141 Å².